The van der Waals surface area contributed by atoms with Crippen LogP contribution in [0, 0.1) is 0 Å². The van der Waals surface area contributed by atoms with Crippen LogP contribution in [0.2, 0.25) is 0 Å². The van der Waals surface area contributed by atoms with Gasteiger partial charge in [0.15, 0.2) is 6.04 Å². The van der Waals surface area contributed by atoms with Gasteiger partial charge in [0.05, 0.1) is 7.11 Å². The van der Waals surface area contributed by atoms with Crippen LogP contribution in [0.5, 0.6) is 5.75 Å². The van der Waals surface area contributed by atoms with Crippen LogP contribution in [-0.4, -0.2) is 40.0 Å². The Kier molecular flexibility index (Phi) is 3.09. The van der Waals surface area contributed by atoms with Crippen LogP contribution in [0.4, 0.5) is 0 Å². The summed E-state index contributed by atoms with van der Waals surface area (Å²) in [5, 5.41) is 9.46. The zero-order valence-electron chi connectivity index (χ0n) is 8.58. The number of rotatable bonds is 3. The molecule has 84 valence electrons. The third-order valence-corrected chi connectivity index (χ3v) is 3.18. The molecule has 1 aromatic heterocycles. The lowest BCUT2D eigenvalue weighted by Gasteiger charge is -2.05. The maximum atomic E-state index is 10.8. The minimum Gasteiger partial charge on any atom is -0.494 e. The first-order chi connectivity index (χ1) is 7.72. The Morgan fingerprint density at radius 3 is 3.12 bits per heavy atom. The predicted octanol–water partition coefficient (Wildman–Crippen LogP) is 1.04. The number of pyridine rings is 1. The van der Waals surface area contributed by atoms with Gasteiger partial charge in [-0.05, 0) is 12.1 Å². The first-order valence-electron chi connectivity index (χ1n) is 4.65. The normalized spacial score (nSPS) is 19.3. The standard InChI is InChI=1S/C10H10N2O3S/c1-15-7-3-2-4-11-8(7)9-12-6(5-16-9)10(13)14/h2-4,6H,5H2,1H3,(H,13,14). The van der Waals surface area contributed by atoms with Crippen LogP contribution in [0.15, 0.2) is 23.3 Å². The van der Waals surface area contributed by atoms with Crippen molar-refractivity contribution in [1.29, 1.82) is 0 Å². The molecule has 2 rings (SSSR count). The van der Waals surface area contributed by atoms with Crippen LogP contribution in [-0.2, 0) is 4.79 Å². The Bertz CT molecular complexity index is 447. The predicted molar refractivity (Wildman–Crippen MR) is 61.2 cm³/mol. The van der Waals surface area contributed by atoms with Crippen LogP contribution in [0.3, 0.4) is 0 Å². The highest BCUT2D eigenvalue weighted by Crippen LogP contribution is 2.27. The quantitative estimate of drug-likeness (QED) is 0.851. The minimum absolute atomic E-state index is 0.449. The van der Waals surface area contributed by atoms with Gasteiger partial charge in [-0.15, -0.1) is 11.8 Å². The molecular formula is C10H10N2O3S. The SMILES string of the molecule is COc1cccnc1C1=NC(C(=O)O)CS1. The van der Waals surface area contributed by atoms with E-state index in [-0.39, 0.29) is 0 Å². The van der Waals surface area contributed by atoms with Gasteiger partial charge in [0, 0.05) is 11.9 Å². The molecule has 1 aromatic rings. The fourth-order valence-corrected chi connectivity index (χ4v) is 2.37. The summed E-state index contributed by atoms with van der Waals surface area (Å²) in [6, 6.07) is 2.86. The third-order valence-electron chi connectivity index (χ3n) is 2.13. The zero-order valence-corrected chi connectivity index (χ0v) is 9.40. The molecule has 0 saturated carbocycles. The molecule has 0 fully saturated rings. The molecule has 1 atom stereocenters. The van der Waals surface area contributed by atoms with Crippen molar-refractivity contribution in [3.05, 3.63) is 24.0 Å². The van der Waals surface area contributed by atoms with Crippen molar-refractivity contribution >= 4 is 22.8 Å². The average molecular weight is 238 g/mol. The molecule has 0 saturated heterocycles. The van der Waals surface area contributed by atoms with Gasteiger partial charge in [-0.2, -0.15) is 0 Å². The van der Waals surface area contributed by atoms with Gasteiger partial charge in [-0.25, -0.2) is 4.79 Å². The van der Waals surface area contributed by atoms with Crippen LogP contribution >= 0.6 is 11.8 Å². The summed E-state index contributed by atoms with van der Waals surface area (Å²) in [5.74, 6) is 0.155. The Labute approximate surface area is 96.6 Å². The summed E-state index contributed by atoms with van der Waals surface area (Å²) < 4.78 is 5.15. The van der Waals surface area contributed by atoms with E-state index >= 15 is 0 Å². The highest BCUT2D eigenvalue weighted by Gasteiger charge is 2.27. The Morgan fingerprint density at radius 2 is 2.50 bits per heavy atom. The number of hydrogen-bond acceptors (Lipinski definition) is 5. The molecule has 5 nitrogen and oxygen atoms in total. The van der Waals surface area contributed by atoms with E-state index < -0.39 is 12.0 Å². The van der Waals surface area contributed by atoms with Gasteiger partial charge in [0.1, 0.15) is 16.5 Å². The molecule has 1 aliphatic heterocycles. The fourth-order valence-electron chi connectivity index (χ4n) is 1.35. The first kappa shape index (κ1) is 10.9. The van der Waals surface area contributed by atoms with Gasteiger partial charge in [0.25, 0.3) is 0 Å². The largest absolute Gasteiger partial charge is 0.494 e. The maximum absolute atomic E-state index is 10.8. The lowest BCUT2D eigenvalue weighted by Crippen LogP contribution is -2.17. The molecule has 6 heteroatoms. The van der Waals surface area contributed by atoms with Crippen molar-refractivity contribution in [1.82, 2.24) is 4.98 Å². The topological polar surface area (TPSA) is 71.8 Å². The number of hydrogen-bond donors (Lipinski definition) is 1. The summed E-state index contributed by atoms with van der Waals surface area (Å²) in [4.78, 5) is 19.0. The second-order valence-electron chi connectivity index (χ2n) is 3.15. The van der Waals surface area contributed by atoms with Crippen LogP contribution in [0.1, 0.15) is 5.69 Å². The van der Waals surface area contributed by atoms with Crippen molar-refractivity contribution in [2.45, 2.75) is 6.04 Å². The number of thioether (sulfide) groups is 1. The van der Waals surface area contributed by atoms with Crippen molar-refractivity contribution in [3.8, 4) is 5.75 Å². The van der Waals surface area contributed by atoms with Gasteiger partial charge in [0.2, 0.25) is 0 Å². The molecule has 0 spiro atoms. The van der Waals surface area contributed by atoms with Crippen molar-refractivity contribution in [2.24, 2.45) is 4.99 Å². The Hall–Kier alpha value is -1.56. The van der Waals surface area contributed by atoms with E-state index in [2.05, 4.69) is 9.98 Å². The zero-order chi connectivity index (χ0) is 11.5. The molecule has 0 radical (unpaired) electrons. The monoisotopic (exact) mass is 238 g/mol. The lowest BCUT2D eigenvalue weighted by molar-refractivity contribution is -0.137. The van der Waals surface area contributed by atoms with E-state index in [0.717, 1.165) is 0 Å². The first-order valence-corrected chi connectivity index (χ1v) is 5.63. The van der Waals surface area contributed by atoms with Crippen molar-refractivity contribution in [2.75, 3.05) is 12.9 Å². The highest BCUT2D eigenvalue weighted by molar-refractivity contribution is 8.14. The summed E-state index contributed by atoms with van der Waals surface area (Å²) >= 11 is 1.39. The molecule has 1 N–H and O–H groups in total. The number of carboxylic acids is 1. The van der Waals surface area contributed by atoms with Crippen LogP contribution in [0.25, 0.3) is 0 Å². The second kappa shape index (κ2) is 4.52. The maximum Gasteiger partial charge on any atom is 0.329 e. The third kappa shape index (κ3) is 2.01. The number of methoxy groups -OCH3 is 1. The van der Waals surface area contributed by atoms with E-state index in [1.807, 2.05) is 0 Å². The smallest absolute Gasteiger partial charge is 0.329 e. The van der Waals surface area contributed by atoms with Crippen molar-refractivity contribution in [3.63, 3.8) is 0 Å². The van der Waals surface area contributed by atoms with Gasteiger partial charge in [-0.1, -0.05) is 0 Å². The second-order valence-corrected chi connectivity index (χ2v) is 4.16. The number of aliphatic carboxylic acids is 1. The number of aromatic nitrogens is 1. The molecule has 0 bridgehead atoms. The average Bonchev–Trinajstić information content (AvgIpc) is 2.78. The number of ether oxygens (including phenoxy) is 1. The van der Waals surface area contributed by atoms with E-state index in [1.54, 1.807) is 25.4 Å². The van der Waals surface area contributed by atoms with Gasteiger partial charge < -0.3 is 9.84 Å². The van der Waals surface area contributed by atoms with Gasteiger partial charge in [-0.3, -0.25) is 9.98 Å². The fraction of sp³-hybridized carbons (Fsp3) is 0.300. The number of aliphatic imine (C=N–C) groups is 1. The molecule has 0 aliphatic carbocycles. The molecular weight excluding hydrogens is 228 g/mol. The summed E-state index contributed by atoms with van der Waals surface area (Å²) in [6.45, 7) is 0. The Balaban J connectivity index is 2.32. The molecule has 0 aromatic carbocycles. The molecule has 1 aliphatic rings. The van der Waals surface area contributed by atoms with Gasteiger partial charge >= 0.3 is 5.97 Å². The van der Waals surface area contributed by atoms with Crippen LogP contribution < -0.4 is 4.74 Å². The van der Waals surface area contributed by atoms with E-state index in [4.69, 9.17) is 9.84 Å². The lowest BCUT2D eigenvalue weighted by atomic mass is 10.3. The summed E-state index contributed by atoms with van der Waals surface area (Å²) in [7, 11) is 1.55. The number of nitrogens with zero attached hydrogens (tertiary/aromatic N) is 2. The number of carboxylic acid groups (broad SMARTS) is 1. The minimum atomic E-state index is -0.905. The highest BCUT2D eigenvalue weighted by atomic mass is 32.2. The summed E-state index contributed by atoms with van der Waals surface area (Å²) in [5.41, 5.74) is 0.610. The molecule has 16 heavy (non-hydrogen) atoms. The Morgan fingerprint density at radius 1 is 1.69 bits per heavy atom. The molecule has 1 unspecified atom stereocenters. The van der Waals surface area contributed by atoms with E-state index in [1.165, 1.54) is 11.8 Å². The van der Waals surface area contributed by atoms with Crippen molar-refractivity contribution < 1.29 is 14.6 Å². The van der Waals surface area contributed by atoms with E-state index in [9.17, 15) is 4.79 Å². The number of carbonyl (C=O) groups is 1. The molecule has 2 heterocycles. The molecule has 0 amide bonds. The van der Waals surface area contributed by atoms with E-state index in [0.29, 0.717) is 22.2 Å². The summed E-state index contributed by atoms with van der Waals surface area (Å²) in [6.07, 6.45) is 1.63.